The highest BCUT2D eigenvalue weighted by Crippen LogP contribution is 2.46. The van der Waals surface area contributed by atoms with Gasteiger partial charge in [0.15, 0.2) is 0 Å². The molecule has 1 fully saturated rings. The Labute approximate surface area is 214 Å². The summed E-state index contributed by atoms with van der Waals surface area (Å²) in [5, 5.41) is 0.792. The van der Waals surface area contributed by atoms with Crippen molar-refractivity contribution in [3.05, 3.63) is 70.8 Å². The molecule has 2 aliphatic carbocycles. The molecule has 0 aromatic heterocycles. The van der Waals surface area contributed by atoms with Crippen LogP contribution in [0.25, 0.3) is 0 Å². The van der Waals surface area contributed by atoms with Crippen molar-refractivity contribution in [1.29, 1.82) is 0 Å². The van der Waals surface area contributed by atoms with Crippen molar-refractivity contribution in [2.75, 3.05) is 24.6 Å². The van der Waals surface area contributed by atoms with Gasteiger partial charge in [-0.2, -0.15) is 0 Å². The van der Waals surface area contributed by atoms with Gasteiger partial charge in [0.1, 0.15) is 11.4 Å². The van der Waals surface area contributed by atoms with E-state index in [1.54, 1.807) is 0 Å². The van der Waals surface area contributed by atoms with Gasteiger partial charge in [0.05, 0.1) is 17.9 Å². The van der Waals surface area contributed by atoms with E-state index in [4.69, 9.17) is 21.1 Å². The zero-order valence-corrected chi connectivity index (χ0v) is 21.9. The zero-order chi connectivity index (χ0) is 24.8. The number of esters is 1. The number of carbonyl (C=O) groups is 1. The lowest BCUT2D eigenvalue weighted by Crippen LogP contribution is -2.48. The van der Waals surface area contributed by atoms with Gasteiger partial charge < -0.3 is 14.4 Å². The van der Waals surface area contributed by atoms with Crippen LogP contribution >= 0.6 is 11.6 Å². The fraction of sp³-hybridized carbons (Fsp3) is 0.500. The molecular weight excluding hydrogens is 458 g/mol. The number of aryl methyl sites for hydroxylation is 1. The molecule has 2 aromatic carbocycles. The Bertz CT molecular complexity index is 1140. The first-order valence-electron chi connectivity index (χ1n) is 12.8. The van der Waals surface area contributed by atoms with Gasteiger partial charge in [0.25, 0.3) is 0 Å². The van der Waals surface area contributed by atoms with E-state index in [1.165, 1.54) is 24.0 Å². The molecule has 0 bridgehead atoms. The third-order valence-electron chi connectivity index (χ3n) is 7.91. The molecule has 0 unspecified atom stereocenters. The molecule has 1 heterocycles. The maximum Gasteiger partial charge on any atom is 0.338 e. The van der Waals surface area contributed by atoms with Crippen LogP contribution in [0, 0.1) is 11.8 Å². The molecule has 1 spiro atoms. The lowest BCUT2D eigenvalue weighted by molar-refractivity contribution is 0.00695. The zero-order valence-electron chi connectivity index (χ0n) is 21.1. The number of ether oxygens (including phenoxy) is 2. The number of halogens is 1. The number of hydrogen-bond donors (Lipinski definition) is 0. The van der Waals surface area contributed by atoms with E-state index in [0.29, 0.717) is 24.0 Å². The van der Waals surface area contributed by atoms with Gasteiger partial charge in [0, 0.05) is 23.5 Å². The lowest BCUT2D eigenvalue weighted by Gasteiger charge is -2.44. The number of fused-ring (bicyclic) bond motifs is 3. The Hall–Kier alpha value is -2.46. The molecule has 1 saturated carbocycles. The van der Waals surface area contributed by atoms with Crippen LogP contribution in [0.15, 0.2) is 49.1 Å². The quantitative estimate of drug-likeness (QED) is 0.340. The fourth-order valence-corrected chi connectivity index (χ4v) is 6.19. The van der Waals surface area contributed by atoms with E-state index in [1.807, 2.05) is 45.0 Å². The summed E-state index contributed by atoms with van der Waals surface area (Å²) >= 11 is 6.36. The topological polar surface area (TPSA) is 38.8 Å². The molecule has 1 aliphatic heterocycles. The van der Waals surface area contributed by atoms with E-state index in [-0.39, 0.29) is 11.4 Å². The Morgan fingerprint density at radius 2 is 2.09 bits per heavy atom. The standard InChI is InChI=1S/C30H36ClNO3/c1-5-20-8-9-23(20)17-32-18-30(14-6-7-21-15-24(31)11-12-25(21)30)19-34-27-13-10-22(16-26(27)32)28(33)35-29(2,3)4/h5,10-13,15-16,20,23H,1,6-9,14,17-19H2,2-4H3/t20-,23+,30+/m1/s1. The van der Waals surface area contributed by atoms with Crippen molar-refractivity contribution >= 4 is 23.3 Å². The average Bonchev–Trinajstić information content (AvgIpc) is 2.93. The highest BCUT2D eigenvalue weighted by molar-refractivity contribution is 6.30. The number of benzene rings is 2. The van der Waals surface area contributed by atoms with Crippen LogP contribution in [0.5, 0.6) is 5.75 Å². The molecule has 3 atom stereocenters. The summed E-state index contributed by atoms with van der Waals surface area (Å²) < 4.78 is 12.2. The number of allylic oxidation sites excluding steroid dienone is 1. The highest BCUT2D eigenvalue weighted by Gasteiger charge is 2.43. The summed E-state index contributed by atoms with van der Waals surface area (Å²) in [6.45, 7) is 12.1. The molecule has 3 aliphatic rings. The third kappa shape index (κ3) is 4.82. The maximum atomic E-state index is 12.9. The van der Waals surface area contributed by atoms with Crippen molar-refractivity contribution in [2.45, 2.75) is 63.9 Å². The minimum absolute atomic E-state index is 0.114. The number of carbonyl (C=O) groups excluding carboxylic acids is 1. The van der Waals surface area contributed by atoms with E-state index in [0.717, 1.165) is 48.8 Å². The second kappa shape index (κ2) is 9.20. The van der Waals surface area contributed by atoms with Gasteiger partial charge in [-0.15, -0.1) is 6.58 Å². The molecule has 5 heteroatoms. The van der Waals surface area contributed by atoms with Gasteiger partial charge in [-0.1, -0.05) is 23.7 Å². The normalized spacial score (nSPS) is 25.5. The van der Waals surface area contributed by atoms with Gasteiger partial charge in [-0.25, -0.2) is 4.79 Å². The monoisotopic (exact) mass is 493 g/mol. The van der Waals surface area contributed by atoms with Crippen molar-refractivity contribution in [1.82, 2.24) is 0 Å². The Balaban J connectivity index is 1.54. The molecule has 0 saturated heterocycles. The Morgan fingerprint density at radius 3 is 2.80 bits per heavy atom. The predicted molar refractivity (Wildman–Crippen MR) is 142 cm³/mol. The summed E-state index contributed by atoms with van der Waals surface area (Å²) in [6.07, 6.45) is 7.75. The second-order valence-electron chi connectivity index (χ2n) is 11.5. The first kappa shape index (κ1) is 24.2. The maximum absolute atomic E-state index is 12.9. The van der Waals surface area contributed by atoms with E-state index in [2.05, 4.69) is 29.7 Å². The molecule has 5 rings (SSSR count). The molecule has 0 radical (unpaired) electrons. The van der Waals surface area contributed by atoms with Crippen LogP contribution < -0.4 is 9.64 Å². The Kier molecular flexibility index (Phi) is 6.37. The number of hydrogen-bond acceptors (Lipinski definition) is 4. The molecule has 4 nitrogen and oxygen atoms in total. The van der Waals surface area contributed by atoms with Crippen LogP contribution in [0.1, 0.15) is 67.9 Å². The average molecular weight is 494 g/mol. The molecule has 2 aromatic rings. The van der Waals surface area contributed by atoms with Crippen LogP contribution in [0.4, 0.5) is 5.69 Å². The first-order chi connectivity index (χ1) is 16.7. The minimum Gasteiger partial charge on any atom is -0.490 e. The largest absolute Gasteiger partial charge is 0.490 e. The fourth-order valence-electron chi connectivity index (χ4n) is 5.99. The minimum atomic E-state index is -0.541. The van der Waals surface area contributed by atoms with E-state index in [9.17, 15) is 4.79 Å². The van der Waals surface area contributed by atoms with Gasteiger partial charge in [-0.05, 0) is 106 Å². The molecule has 0 amide bonds. The summed E-state index contributed by atoms with van der Waals surface area (Å²) in [7, 11) is 0. The smallest absolute Gasteiger partial charge is 0.338 e. The van der Waals surface area contributed by atoms with Gasteiger partial charge in [0.2, 0.25) is 0 Å². The first-order valence-corrected chi connectivity index (χ1v) is 13.2. The van der Waals surface area contributed by atoms with Crippen molar-refractivity contribution in [2.24, 2.45) is 11.8 Å². The second-order valence-corrected chi connectivity index (χ2v) is 12.0. The molecule has 35 heavy (non-hydrogen) atoms. The van der Waals surface area contributed by atoms with Gasteiger partial charge >= 0.3 is 5.97 Å². The van der Waals surface area contributed by atoms with Crippen LogP contribution in [0.2, 0.25) is 5.02 Å². The van der Waals surface area contributed by atoms with Gasteiger partial charge in [-0.3, -0.25) is 0 Å². The molecular formula is C30H36ClNO3. The molecule has 186 valence electrons. The third-order valence-corrected chi connectivity index (χ3v) is 8.14. The summed E-state index contributed by atoms with van der Waals surface area (Å²) in [4.78, 5) is 15.4. The SMILES string of the molecule is C=C[C@@H]1CC[C@H]1CN1C[C@@]2(CCCc3cc(Cl)ccc32)COc2ccc(C(=O)OC(C)(C)C)cc21. The van der Waals surface area contributed by atoms with Crippen molar-refractivity contribution < 1.29 is 14.3 Å². The van der Waals surface area contributed by atoms with E-state index < -0.39 is 5.60 Å². The number of nitrogens with zero attached hydrogens (tertiary/aromatic N) is 1. The van der Waals surface area contributed by atoms with Crippen LogP contribution in [-0.2, 0) is 16.6 Å². The Morgan fingerprint density at radius 1 is 1.26 bits per heavy atom. The summed E-state index contributed by atoms with van der Waals surface area (Å²) in [5.41, 5.74) is 3.58. The van der Waals surface area contributed by atoms with Crippen molar-refractivity contribution in [3.8, 4) is 5.75 Å². The number of anilines is 1. The predicted octanol–water partition coefficient (Wildman–Crippen LogP) is 6.98. The highest BCUT2D eigenvalue weighted by atomic mass is 35.5. The van der Waals surface area contributed by atoms with E-state index >= 15 is 0 Å². The molecule has 0 N–H and O–H groups in total. The summed E-state index contributed by atoms with van der Waals surface area (Å²) in [5.74, 6) is 1.65. The number of rotatable bonds is 4. The lowest BCUT2D eigenvalue weighted by atomic mass is 9.69. The van der Waals surface area contributed by atoms with Crippen molar-refractivity contribution in [3.63, 3.8) is 0 Å². The van der Waals surface area contributed by atoms with Crippen LogP contribution in [0.3, 0.4) is 0 Å². The summed E-state index contributed by atoms with van der Waals surface area (Å²) in [6, 6.07) is 12.1. The van der Waals surface area contributed by atoms with Crippen LogP contribution in [-0.4, -0.2) is 31.3 Å².